The normalized spacial score (nSPS) is 12.4. The molecule has 0 saturated carbocycles. The van der Waals surface area contributed by atoms with E-state index in [1.807, 2.05) is 19.1 Å². The van der Waals surface area contributed by atoms with E-state index in [-0.39, 0.29) is 11.9 Å². The summed E-state index contributed by atoms with van der Waals surface area (Å²) in [7, 11) is 0. The van der Waals surface area contributed by atoms with E-state index >= 15 is 0 Å². The highest BCUT2D eigenvalue weighted by atomic mass is 16.2. The van der Waals surface area contributed by atoms with Gasteiger partial charge in [0.15, 0.2) is 0 Å². The molecule has 4 heteroatoms. The summed E-state index contributed by atoms with van der Waals surface area (Å²) in [6.45, 7) is 7.94. The van der Waals surface area contributed by atoms with Crippen molar-refractivity contribution in [1.29, 1.82) is 0 Å². The monoisotopic (exact) mass is 249 g/mol. The van der Waals surface area contributed by atoms with Gasteiger partial charge < -0.3 is 11.1 Å². The summed E-state index contributed by atoms with van der Waals surface area (Å²) in [5.41, 5.74) is 7.09. The lowest BCUT2D eigenvalue weighted by atomic mass is 10.2. The number of hydrogen-bond donors (Lipinski definition) is 2. The van der Waals surface area contributed by atoms with Gasteiger partial charge in [-0.1, -0.05) is 13.8 Å². The van der Waals surface area contributed by atoms with Gasteiger partial charge in [-0.3, -0.25) is 9.69 Å². The fourth-order valence-corrected chi connectivity index (χ4v) is 1.89. The van der Waals surface area contributed by atoms with Crippen molar-refractivity contribution in [2.24, 2.45) is 0 Å². The van der Waals surface area contributed by atoms with Gasteiger partial charge in [-0.15, -0.1) is 0 Å². The highest BCUT2D eigenvalue weighted by molar-refractivity contribution is 5.94. The minimum Gasteiger partial charge on any atom is -0.399 e. The van der Waals surface area contributed by atoms with Crippen molar-refractivity contribution in [3.05, 3.63) is 24.3 Å². The Labute approximate surface area is 109 Å². The molecule has 0 heterocycles. The molecule has 0 radical (unpaired) electrons. The van der Waals surface area contributed by atoms with Crippen LogP contribution in [0.5, 0.6) is 0 Å². The highest BCUT2D eigenvalue weighted by Crippen LogP contribution is 2.12. The second kappa shape index (κ2) is 7.01. The molecule has 100 valence electrons. The Kier molecular flexibility index (Phi) is 5.65. The minimum atomic E-state index is -0.118. The molecular formula is C14H23N3O. The van der Waals surface area contributed by atoms with Gasteiger partial charge >= 0.3 is 0 Å². The number of anilines is 2. The molecule has 0 aromatic heterocycles. The molecule has 1 aromatic carbocycles. The summed E-state index contributed by atoms with van der Waals surface area (Å²) in [4.78, 5) is 14.2. The van der Waals surface area contributed by atoms with Crippen molar-refractivity contribution in [3.8, 4) is 0 Å². The van der Waals surface area contributed by atoms with Gasteiger partial charge in [0.2, 0.25) is 5.91 Å². The maximum absolute atomic E-state index is 12.1. The summed E-state index contributed by atoms with van der Waals surface area (Å²) < 4.78 is 0. The van der Waals surface area contributed by atoms with Gasteiger partial charge in [0.05, 0.1) is 6.04 Å². The molecule has 1 rings (SSSR count). The SMILES string of the molecule is CCCN(CC)C(C)C(=O)Nc1ccc(N)cc1. The van der Waals surface area contributed by atoms with E-state index in [1.165, 1.54) is 0 Å². The van der Waals surface area contributed by atoms with Crippen molar-refractivity contribution in [3.63, 3.8) is 0 Å². The first-order valence-electron chi connectivity index (χ1n) is 6.49. The number of carbonyl (C=O) groups is 1. The van der Waals surface area contributed by atoms with Crippen LogP contribution < -0.4 is 11.1 Å². The molecule has 0 bridgehead atoms. The number of amides is 1. The molecule has 0 spiro atoms. The number of hydrogen-bond acceptors (Lipinski definition) is 3. The quantitative estimate of drug-likeness (QED) is 0.761. The van der Waals surface area contributed by atoms with E-state index in [2.05, 4.69) is 24.1 Å². The maximum atomic E-state index is 12.1. The van der Waals surface area contributed by atoms with E-state index in [0.29, 0.717) is 5.69 Å². The second-order valence-corrected chi connectivity index (χ2v) is 4.42. The van der Waals surface area contributed by atoms with Crippen molar-refractivity contribution >= 4 is 17.3 Å². The number of carbonyl (C=O) groups excluding carboxylic acids is 1. The van der Waals surface area contributed by atoms with Crippen LogP contribution in [0.3, 0.4) is 0 Å². The third kappa shape index (κ3) is 4.04. The van der Waals surface area contributed by atoms with Gasteiger partial charge in [-0.25, -0.2) is 0 Å². The molecule has 1 atom stereocenters. The zero-order chi connectivity index (χ0) is 13.5. The molecule has 1 aromatic rings. The Morgan fingerprint density at radius 1 is 1.33 bits per heavy atom. The van der Waals surface area contributed by atoms with Crippen molar-refractivity contribution in [1.82, 2.24) is 4.90 Å². The zero-order valence-electron chi connectivity index (χ0n) is 11.4. The summed E-state index contributed by atoms with van der Waals surface area (Å²) in [6.07, 6.45) is 1.05. The third-order valence-electron chi connectivity index (χ3n) is 3.02. The topological polar surface area (TPSA) is 58.4 Å². The van der Waals surface area contributed by atoms with Crippen molar-refractivity contribution in [2.45, 2.75) is 33.2 Å². The lowest BCUT2D eigenvalue weighted by Crippen LogP contribution is -2.42. The predicted octanol–water partition coefficient (Wildman–Crippen LogP) is 2.33. The predicted molar refractivity (Wildman–Crippen MR) is 76.5 cm³/mol. The number of benzene rings is 1. The molecule has 0 aliphatic rings. The smallest absolute Gasteiger partial charge is 0.241 e. The van der Waals surface area contributed by atoms with Gasteiger partial charge in [0.1, 0.15) is 0 Å². The third-order valence-corrected chi connectivity index (χ3v) is 3.02. The maximum Gasteiger partial charge on any atom is 0.241 e. The van der Waals surface area contributed by atoms with Crippen LogP contribution >= 0.6 is 0 Å². The van der Waals surface area contributed by atoms with Crippen LogP contribution in [0, 0.1) is 0 Å². The van der Waals surface area contributed by atoms with Crippen LogP contribution in [-0.4, -0.2) is 29.9 Å². The average Bonchev–Trinajstić information content (AvgIpc) is 2.37. The number of nitrogens with one attached hydrogen (secondary N) is 1. The molecule has 0 saturated heterocycles. The molecule has 18 heavy (non-hydrogen) atoms. The fraction of sp³-hybridized carbons (Fsp3) is 0.500. The number of nitrogens with two attached hydrogens (primary N) is 1. The molecule has 3 N–H and O–H groups in total. The Balaban J connectivity index is 2.61. The van der Waals surface area contributed by atoms with Gasteiger partial charge in [-0.2, -0.15) is 0 Å². The Bertz CT molecular complexity index is 375. The van der Waals surface area contributed by atoms with Crippen LogP contribution in [0.4, 0.5) is 11.4 Å². The fourth-order valence-electron chi connectivity index (χ4n) is 1.89. The number of nitrogen functional groups attached to an aromatic ring is 1. The van der Waals surface area contributed by atoms with Crippen LogP contribution in [0.15, 0.2) is 24.3 Å². The number of rotatable bonds is 6. The minimum absolute atomic E-state index is 0.0232. The number of nitrogens with zero attached hydrogens (tertiary/aromatic N) is 1. The average molecular weight is 249 g/mol. The van der Waals surface area contributed by atoms with E-state index in [1.54, 1.807) is 12.1 Å². The Morgan fingerprint density at radius 3 is 2.44 bits per heavy atom. The van der Waals surface area contributed by atoms with Gasteiger partial charge in [0, 0.05) is 11.4 Å². The summed E-state index contributed by atoms with van der Waals surface area (Å²) in [5, 5.41) is 2.91. The lowest BCUT2D eigenvalue weighted by Gasteiger charge is -2.26. The highest BCUT2D eigenvalue weighted by Gasteiger charge is 2.19. The first-order valence-corrected chi connectivity index (χ1v) is 6.49. The van der Waals surface area contributed by atoms with E-state index in [9.17, 15) is 4.79 Å². The van der Waals surface area contributed by atoms with Gasteiger partial charge in [0.25, 0.3) is 0 Å². The zero-order valence-corrected chi connectivity index (χ0v) is 11.4. The standard InChI is InChI=1S/C14H23N3O/c1-4-10-17(5-2)11(3)14(18)16-13-8-6-12(15)7-9-13/h6-9,11H,4-5,10,15H2,1-3H3,(H,16,18). The van der Waals surface area contributed by atoms with Crippen LogP contribution in [-0.2, 0) is 4.79 Å². The van der Waals surface area contributed by atoms with E-state index in [4.69, 9.17) is 5.73 Å². The van der Waals surface area contributed by atoms with Crippen molar-refractivity contribution in [2.75, 3.05) is 24.1 Å². The molecule has 1 amide bonds. The molecule has 4 nitrogen and oxygen atoms in total. The summed E-state index contributed by atoms with van der Waals surface area (Å²) in [5.74, 6) is 0.0232. The van der Waals surface area contributed by atoms with E-state index < -0.39 is 0 Å². The largest absolute Gasteiger partial charge is 0.399 e. The molecule has 0 aliphatic heterocycles. The van der Waals surface area contributed by atoms with Crippen LogP contribution in [0.25, 0.3) is 0 Å². The Morgan fingerprint density at radius 2 is 1.94 bits per heavy atom. The Hall–Kier alpha value is -1.55. The summed E-state index contributed by atoms with van der Waals surface area (Å²) in [6, 6.07) is 7.08. The lowest BCUT2D eigenvalue weighted by molar-refractivity contribution is -0.120. The van der Waals surface area contributed by atoms with Crippen LogP contribution in [0.2, 0.25) is 0 Å². The number of likely N-dealkylation sites (N-methyl/N-ethyl adjacent to an activating group) is 1. The molecular weight excluding hydrogens is 226 g/mol. The van der Waals surface area contributed by atoms with Crippen molar-refractivity contribution < 1.29 is 4.79 Å². The first-order chi connectivity index (χ1) is 8.58. The first kappa shape index (κ1) is 14.5. The second-order valence-electron chi connectivity index (χ2n) is 4.42. The molecule has 0 fully saturated rings. The van der Waals surface area contributed by atoms with E-state index in [0.717, 1.165) is 25.2 Å². The molecule has 1 unspecified atom stereocenters. The van der Waals surface area contributed by atoms with Gasteiger partial charge in [-0.05, 0) is 50.7 Å². The molecule has 0 aliphatic carbocycles. The van der Waals surface area contributed by atoms with Crippen LogP contribution in [0.1, 0.15) is 27.2 Å². The summed E-state index contributed by atoms with van der Waals surface area (Å²) >= 11 is 0.